The van der Waals surface area contributed by atoms with E-state index in [0.29, 0.717) is 66.9 Å². The highest BCUT2D eigenvalue weighted by Crippen LogP contribution is 2.39. The monoisotopic (exact) mass is 605 g/mol. The molecule has 1 saturated heterocycles. The van der Waals surface area contributed by atoms with Crippen LogP contribution in [-0.2, 0) is 4.79 Å². The van der Waals surface area contributed by atoms with Crippen LogP contribution in [0.5, 0.6) is 11.5 Å². The number of methoxy groups -OCH3 is 1. The van der Waals surface area contributed by atoms with Crippen molar-refractivity contribution < 1.29 is 23.9 Å². The number of aryl methyl sites for hydroxylation is 1. The summed E-state index contributed by atoms with van der Waals surface area (Å²) in [5.41, 5.74) is 1.82. The molecular weight excluding hydrogens is 574 g/mol. The summed E-state index contributed by atoms with van der Waals surface area (Å²) in [6.07, 6.45) is 0.560. The average molecular weight is 606 g/mol. The van der Waals surface area contributed by atoms with Crippen molar-refractivity contribution in [2.45, 2.75) is 19.3 Å². The van der Waals surface area contributed by atoms with Crippen molar-refractivity contribution in [1.82, 2.24) is 23.9 Å². The van der Waals surface area contributed by atoms with Crippen LogP contribution in [-0.4, -0.2) is 82.7 Å². The Morgan fingerprint density at radius 2 is 1.86 bits per heavy atom. The molecular formula is C30H31N5O5S2. The summed E-state index contributed by atoms with van der Waals surface area (Å²) in [6, 6.07) is 15.5. The molecule has 0 saturated carbocycles. The third-order valence-electron chi connectivity index (χ3n) is 7.86. The fourth-order valence-corrected chi connectivity index (χ4v) is 7.19. The number of hydrogen-bond acceptors (Lipinski definition) is 9. The predicted molar refractivity (Wildman–Crippen MR) is 161 cm³/mol. The molecule has 2 bridgehead atoms. The van der Waals surface area contributed by atoms with Gasteiger partial charge in [0.05, 0.1) is 41.9 Å². The Morgan fingerprint density at radius 3 is 2.64 bits per heavy atom. The second-order valence-corrected chi connectivity index (χ2v) is 12.1. The van der Waals surface area contributed by atoms with E-state index in [1.54, 1.807) is 23.8 Å². The maximum Gasteiger partial charge on any atom is 0.275 e. The smallest absolute Gasteiger partial charge is 0.275 e. The van der Waals surface area contributed by atoms with E-state index in [0.717, 1.165) is 27.4 Å². The number of nitrogens with zero attached hydrogens (tertiary/aromatic N) is 4. The summed E-state index contributed by atoms with van der Waals surface area (Å²) in [4.78, 5) is 44.6. The van der Waals surface area contributed by atoms with Crippen LogP contribution in [0, 0.1) is 12.8 Å². The van der Waals surface area contributed by atoms with Crippen molar-refractivity contribution >= 4 is 50.9 Å². The number of fused-ring (bicyclic) bond motifs is 5. The Balaban J connectivity index is 1.27. The largest absolute Gasteiger partial charge is 0.493 e. The number of carbonyl (C=O) groups is 3. The molecule has 10 nitrogen and oxygen atoms in total. The van der Waals surface area contributed by atoms with Crippen LogP contribution in [0.1, 0.15) is 43.8 Å². The molecule has 42 heavy (non-hydrogen) atoms. The summed E-state index contributed by atoms with van der Waals surface area (Å²) < 4.78 is 21.1. The topological polar surface area (TPSA) is 114 Å². The van der Waals surface area contributed by atoms with Crippen LogP contribution in [0.15, 0.2) is 48.5 Å². The van der Waals surface area contributed by atoms with E-state index in [2.05, 4.69) is 14.1 Å². The summed E-state index contributed by atoms with van der Waals surface area (Å²) in [7, 11) is 1.57. The highest BCUT2D eigenvalue weighted by molar-refractivity contribution is 7.20. The van der Waals surface area contributed by atoms with Crippen molar-refractivity contribution in [3.8, 4) is 11.5 Å². The van der Waals surface area contributed by atoms with E-state index in [-0.39, 0.29) is 30.2 Å². The molecule has 2 atom stereocenters. The van der Waals surface area contributed by atoms with Gasteiger partial charge < -0.3 is 24.6 Å². The van der Waals surface area contributed by atoms with Gasteiger partial charge in [0.15, 0.2) is 17.2 Å². The summed E-state index contributed by atoms with van der Waals surface area (Å²) >= 11 is 2.48. The highest BCUT2D eigenvalue weighted by Gasteiger charge is 2.41. The van der Waals surface area contributed by atoms with Crippen molar-refractivity contribution in [3.63, 3.8) is 0 Å². The number of thiophene rings is 1. The van der Waals surface area contributed by atoms with Crippen molar-refractivity contribution in [2.75, 3.05) is 46.4 Å². The Morgan fingerprint density at radius 1 is 1.02 bits per heavy atom. The number of nitrogens with one attached hydrogen (secondary N) is 1. The molecule has 1 N–H and O–H groups in total. The number of hydrogen-bond donors (Lipinski definition) is 1. The van der Waals surface area contributed by atoms with Crippen LogP contribution >= 0.6 is 23.1 Å². The average Bonchev–Trinajstić information content (AvgIpc) is 3.75. The van der Waals surface area contributed by atoms with Crippen LogP contribution in [0.4, 0.5) is 0 Å². The lowest BCUT2D eigenvalue weighted by Gasteiger charge is -2.24. The maximum absolute atomic E-state index is 13.6. The van der Waals surface area contributed by atoms with Gasteiger partial charge in [-0.1, -0.05) is 24.3 Å². The SMILES string of the molecule is COc1ccc2cc1OCCN(C(=O)c1nsnc1C)CCCNC(=O)[C@H]1CN(C(=O)c3cc4ccccc4s3)C[C@H]21. The third-order valence-corrected chi connectivity index (χ3v) is 9.58. The standard InChI is InChI=1S/C30H31N5O5S2/c1-18-27(33-42-32-18)30(38)34-11-5-10-31-28(36)22-17-35(29(37)26-15-20-6-3-4-7-25(20)41-26)16-21(22)19-8-9-23(39-2)24(14-19)40-13-12-34/h3-4,6-9,14-15,21-22H,5,10-13,16-17H2,1-2H3,(H,31,36)/t21-,22+/m1/s1. The lowest BCUT2D eigenvalue weighted by Crippen LogP contribution is -2.39. The van der Waals surface area contributed by atoms with Gasteiger partial charge in [-0.05, 0) is 48.6 Å². The molecule has 12 heteroatoms. The zero-order valence-corrected chi connectivity index (χ0v) is 25.0. The molecule has 3 amide bonds. The van der Waals surface area contributed by atoms with Crippen LogP contribution < -0.4 is 14.8 Å². The number of ether oxygens (including phenoxy) is 2. The summed E-state index contributed by atoms with van der Waals surface area (Å²) in [6.45, 7) is 3.90. The minimum absolute atomic E-state index is 0.0691. The molecule has 1 fully saturated rings. The van der Waals surface area contributed by atoms with Crippen molar-refractivity contribution in [3.05, 3.63) is 70.4 Å². The number of rotatable bonds is 3. The normalized spacial score (nSPS) is 19.5. The minimum atomic E-state index is -0.436. The summed E-state index contributed by atoms with van der Waals surface area (Å²) in [5.74, 6) is 0.0432. The van der Waals surface area contributed by atoms with Gasteiger partial charge in [0.25, 0.3) is 11.8 Å². The van der Waals surface area contributed by atoms with E-state index in [9.17, 15) is 14.4 Å². The fraction of sp³-hybridized carbons (Fsp3) is 0.367. The first-order valence-electron chi connectivity index (χ1n) is 13.9. The molecule has 4 heterocycles. The lowest BCUT2D eigenvalue weighted by atomic mass is 9.88. The Bertz CT molecular complexity index is 1600. The van der Waals surface area contributed by atoms with Gasteiger partial charge in [-0.15, -0.1) is 11.3 Å². The molecule has 6 rings (SSSR count). The Hall–Kier alpha value is -4.03. The minimum Gasteiger partial charge on any atom is -0.493 e. The quantitative estimate of drug-likeness (QED) is 0.376. The molecule has 2 aliphatic rings. The van der Waals surface area contributed by atoms with Crippen LogP contribution in [0.3, 0.4) is 0 Å². The first kappa shape index (κ1) is 28.1. The first-order chi connectivity index (χ1) is 20.4. The van der Waals surface area contributed by atoms with Gasteiger partial charge in [-0.2, -0.15) is 8.75 Å². The van der Waals surface area contributed by atoms with E-state index in [1.807, 2.05) is 48.5 Å². The van der Waals surface area contributed by atoms with Crippen molar-refractivity contribution in [1.29, 1.82) is 0 Å². The third kappa shape index (κ3) is 5.56. The molecule has 0 spiro atoms. The van der Waals surface area contributed by atoms with E-state index in [4.69, 9.17) is 9.47 Å². The van der Waals surface area contributed by atoms with E-state index >= 15 is 0 Å². The number of likely N-dealkylation sites (tertiary alicyclic amines) is 1. The van der Waals surface area contributed by atoms with E-state index < -0.39 is 5.92 Å². The first-order valence-corrected chi connectivity index (χ1v) is 15.4. The van der Waals surface area contributed by atoms with Crippen LogP contribution in [0.25, 0.3) is 10.1 Å². The van der Waals surface area contributed by atoms with Crippen LogP contribution in [0.2, 0.25) is 0 Å². The number of carbonyl (C=O) groups excluding carboxylic acids is 3. The number of benzene rings is 2. The van der Waals surface area contributed by atoms with E-state index in [1.165, 1.54) is 11.3 Å². The molecule has 218 valence electrons. The van der Waals surface area contributed by atoms with Gasteiger partial charge >= 0.3 is 0 Å². The fourth-order valence-electron chi connectivity index (χ4n) is 5.62. The Labute approximate surface area is 251 Å². The molecule has 0 radical (unpaired) electrons. The molecule has 2 aromatic heterocycles. The second-order valence-electron chi connectivity index (χ2n) is 10.5. The number of aromatic nitrogens is 2. The molecule has 0 unspecified atom stereocenters. The maximum atomic E-state index is 13.6. The molecule has 4 aromatic rings. The summed E-state index contributed by atoms with van der Waals surface area (Å²) in [5, 5.41) is 4.11. The van der Waals surface area contributed by atoms with Gasteiger partial charge in [0, 0.05) is 36.8 Å². The number of amides is 3. The zero-order valence-electron chi connectivity index (χ0n) is 23.4. The van der Waals surface area contributed by atoms with Gasteiger partial charge in [-0.25, -0.2) is 0 Å². The Kier molecular flexibility index (Phi) is 8.07. The molecule has 2 aliphatic heterocycles. The predicted octanol–water partition coefficient (Wildman–Crippen LogP) is 3.97. The highest BCUT2D eigenvalue weighted by atomic mass is 32.1. The van der Waals surface area contributed by atoms with Gasteiger partial charge in [0.2, 0.25) is 5.91 Å². The lowest BCUT2D eigenvalue weighted by molar-refractivity contribution is -0.124. The molecule has 2 aromatic carbocycles. The van der Waals surface area contributed by atoms with Crippen molar-refractivity contribution in [2.24, 2.45) is 5.92 Å². The zero-order chi connectivity index (χ0) is 29.2. The molecule has 0 aliphatic carbocycles. The van der Waals surface area contributed by atoms with Gasteiger partial charge in [0.1, 0.15) is 6.61 Å². The second kappa shape index (κ2) is 12.1. The van der Waals surface area contributed by atoms with Gasteiger partial charge in [-0.3, -0.25) is 14.4 Å².